The Labute approximate surface area is 100.0 Å². The molecular formula is C10H11F3IN. The van der Waals surface area contributed by atoms with Crippen molar-refractivity contribution in [3.8, 4) is 0 Å². The second-order valence-electron chi connectivity index (χ2n) is 3.32. The largest absolute Gasteiger partial charge is 0.389 e. The van der Waals surface area contributed by atoms with Crippen LogP contribution in [0.1, 0.15) is 24.4 Å². The average molecular weight is 329 g/mol. The van der Waals surface area contributed by atoms with E-state index in [0.29, 0.717) is 0 Å². The molecule has 0 aliphatic carbocycles. The molecular weight excluding hydrogens is 318 g/mol. The number of hydrogen-bond acceptors (Lipinski definition) is 1. The minimum atomic E-state index is -4.13. The van der Waals surface area contributed by atoms with E-state index >= 15 is 0 Å². The topological polar surface area (TPSA) is 26.0 Å². The van der Waals surface area contributed by atoms with E-state index in [-0.39, 0.29) is 6.42 Å². The summed E-state index contributed by atoms with van der Waals surface area (Å²) in [4.78, 5) is 0. The van der Waals surface area contributed by atoms with Crippen molar-refractivity contribution in [2.75, 3.05) is 0 Å². The summed E-state index contributed by atoms with van der Waals surface area (Å²) >= 11 is 2.11. The number of benzene rings is 1. The summed E-state index contributed by atoms with van der Waals surface area (Å²) in [6, 6.07) is 6.69. The van der Waals surface area contributed by atoms with Crippen LogP contribution in [0.15, 0.2) is 24.3 Å². The van der Waals surface area contributed by atoms with E-state index in [1.165, 1.54) is 0 Å². The van der Waals surface area contributed by atoms with Crippen LogP contribution in [0, 0.1) is 3.57 Å². The third-order valence-electron chi connectivity index (χ3n) is 2.02. The molecule has 1 aromatic rings. The predicted octanol–water partition coefficient (Wildman–Crippen LogP) is 3.63. The molecule has 1 rings (SSSR count). The Kier molecular flexibility index (Phi) is 4.39. The highest BCUT2D eigenvalue weighted by Gasteiger charge is 2.27. The van der Waals surface area contributed by atoms with E-state index in [2.05, 4.69) is 22.6 Å². The summed E-state index contributed by atoms with van der Waals surface area (Å²) < 4.78 is 36.8. The molecule has 0 spiro atoms. The quantitative estimate of drug-likeness (QED) is 0.842. The maximum atomic E-state index is 12.0. The summed E-state index contributed by atoms with van der Waals surface area (Å²) in [5.74, 6) is 0. The molecule has 0 heterocycles. The van der Waals surface area contributed by atoms with Gasteiger partial charge in [0.25, 0.3) is 0 Å². The number of rotatable bonds is 3. The van der Waals surface area contributed by atoms with Gasteiger partial charge in [-0.3, -0.25) is 0 Å². The molecule has 0 amide bonds. The Balaban J connectivity index is 2.58. The summed E-state index contributed by atoms with van der Waals surface area (Å²) in [5.41, 5.74) is 6.42. The van der Waals surface area contributed by atoms with E-state index in [4.69, 9.17) is 5.73 Å². The van der Waals surface area contributed by atoms with Gasteiger partial charge >= 0.3 is 6.18 Å². The van der Waals surface area contributed by atoms with Crippen molar-refractivity contribution in [3.63, 3.8) is 0 Å². The Morgan fingerprint density at radius 1 is 1.33 bits per heavy atom. The summed E-state index contributed by atoms with van der Waals surface area (Å²) in [7, 11) is 0. The van der Waals surface area contributed by atoms with Gasteiger partial charge in [-0.1, -0.05) is 12.1 Å². The highest BCUT2D eigenvalue weighted by atomic mass is 127. The fraction of sp³-hybridized carbons (Fsp3) is 0.400. The molecule has 0 radical (unpaired) electrons. The smallest absolute Gasteiger partial charge is 0.324 e. The lowest BCUT2D eigenvalue weighted by Crippen LogP contribution is -2.15. The van der Waals surface area contributed by atoms with E-state index in [1.807, 2.05) is 12.1 Å². The number of nitrogens with two attached hydrogens (primary N) is 1. The summed E-state index contributed by atoms with van der Waals surface area (Å²) in [6.07, 6.45) is -5.03. The molecule has 84 valence electrons. The van der Waals surface area contributed by atoms with Crippen molar-refractivity contribution >= 4 is 22.6 Å². The first-order chi connectivity index (χ1) is 6.88. The highest BCUT2D eigenvalue weighted by molar-refractivity contribution is 14.1. The van der Waals surface area contributed by atoms with Crippen LogP contribution in [-0.4, -0.2) is 6.18 Å². The Bertz CT molecular complexity index is 325. The van der Waals surface area contributed by atoms with Crippen molar-refractivity contribution in [1.82, 2.24) is 0 Å². The monoisotopic (exact) mass is 329 g/mol. The number of alkyl halides is 3. The van der Waals surface area contributed by atoms with Crippen molar-refractivity contribution in [2.45, 2.75) is 25.1 Å². The molecule has 1 aromatic carbocycles. The minimum Gasteiger partial charge on any atom is -0.324 e. The molecule has 1 nitrogen and oxygen atoms in total. The van der Waals surface area contributed by atoms with Gasteiger partial charge in [-0.15, -0.1) is 0 Å². The van der Waals surface area contributed by atoms with Gasteiger partial charge < -0.3 is 5.73 Å². The van der Waals surface area contributed by atoms with E-state index in [0.717, 1.165) is 9.13 Å². The molecule has 0 unspecified atom stereocenters. The van der Waals surface area contributed by atoms with Crippen LogP contribution in [-0.2, 0) is 0 Å². The third kappa shape index (κ3) is 4.83. The van der Waals surface area contributed by atoms with E-state index in [1.54, 1.807) is 12.1 Å². The van der Waals surface area contributed by atoms with Gasteiger partial charge in [-0.05, 0) is 46.7 Å². The summed E-state index contributed by atoms with van der Waals surface area (Å²) in [5, 5.41) is 0. The first-order valence-electron chi connectivity index (χ1n) is 4.46. The second-order valence-corrected chi connectivity index (χ2v) is 4.56. The normalized spacial score (nSPS) is 13.9. The molecule has 0 aliphatic rings. The third-order valence-corrected chi connectivity index (χ3v) is 2.69. The molecule has 0 aromatic heterocycles. The lowest BCUT2D eigenvalue weighted by atomic mass is 10.0. The molecule has 0 aliphatic heterocycles. The number of halogens is 4. The fourth-order valence-corrected chi connectivity index (χ4v) is 1.79. The van der Waals surface area contributed by atoms with Gasteiger partial charge in [-0.25, -0.2) is 0 Å². The standard InChI is InChI=1S/C10H11F3IN/c11-10(12,13)5-4-9(15)7-2-1-3-8(14)6-7/h1-3,6,9H,4-5,15H2/t9-/m0/s1. The number of hydrogen-bond donors (Lipinski definition) is 1. The Morgan fingerprint density at radius 2 is 2.00 bits per heavy atom. The molecule has 5 heteroatoms. The van der Waals surface area contributed by atoms with Crippen molar-refractivity contribution < 1.29 is 13.2 Å². The lowest BCUT2D eigenvalue weighted by Gasteiger charge is -2.13. The molecule has 15 heavy (non-hydrogen) atoms. The zero-order chi connectivity index (χ0) is 11.5. The Morgan fingerprint density at radius 3 is 2.53 bits per heavy atom. The molecule has 1 atom stereocenters. The lowest BCUT2D eigenvalue weighted by molar-refractivity contribution is -0.136. The van der Waals surface area contributed by atoms with Gasteiger partial charge in [0.05, 0.1) is 0 Å². The zero-order valence-electron chi connectivity index (χ0n) is 7.89. The first-order valence-corrected chi connectivity index (χ1v) is 5.54. The Hall–Kier alpha value is -0.300. The van der Waals surface area contributed by atoms with Gasteiger partial charge in [-0.2, -0.15) is 13.2 Å². The fourth-order valence-electron chi connectivity index (χ4n) is 1.22. The molecule has 0 saturated carbocycles. The van der Waals surface area contributed by atoms with Gasteiger partial charge in [0.2, 0.25) is 0 Å². The van der Waals surface area contributed by atoms with Crippen molar-refractivity contribution in [3.05, 3.63) is 33.4 Å². The maximum Gasteiger partial charge on any atom is 0.389 e. The minimum absolute atomic E-state index is 0.0659. The van der Waals surface area contributed by atoms with E-state index in [9.17, 15) is 13.2 Å². The van der Waals surface area contributed by atoms with Gasteiger partial charge in [0, 0.05) is 16.0 Å². The molecule has 2 N–H and O–H groups in total. The van der Waals surface area contributed by atoms with Crippen LogP contribution in [0.5, 0.6) is 0 Å². The predicted molar refractivity (Wildman–Crippen MR) is 61.4 cm³/mol. The first kappa shape index (κ1) is 12.8. The molecule has 0 fully saturated rings. The van der Waals surface area contributed by atoms with Crippen LogP contribution in [0.2, 0.25) is 0 Å². The summed E-state index contributed by atoms with van der Waals surface area (Å²) in [6.45, 7) is 0. The van der Waals surface area contributed by atoms with Crippen molar-refractivity contribution in [1.29, 1.82) is 0 Å². The molecule has 0 bridgehead atoms. The van der Waals surface area contributed by atoms with Crippen LogP contribution in [0.4, 0.5) is 13.2 Å². The van der Waals surface area contributed by atoms with Gasteiger partial charge in [0.15, 0.2) is 0 Å². The SMILES string of the molecule is N[C@@H](CCC(F)(F)F)c1cccc(I)c1. The van der Waals surface area contributed by atoms with Crippen LogP contribution < -0.4 is 5.73 Å². The van der Waals surface area contributed by atoms with Crippen LogP contribution >= 0.6 is 22.6 Å². The second kappa shape index (κ2) is 5.16. The van der Waals surface area contributed by atoms with Crippen LogP contribution in [0.3, 0.4) is 0 Å². The highest BCUT2D eigenvalue weighted by Crippen LogP contribution is 2.26. The average Bonchev–Trinajstić information content (AvgIpc) is 2.13. The zero-order valence-corrected chi connectivity index (χ0v) is 10.0. The van der Waals surface area contributed by atoms with Crippen LogP contribution in [0.25, 0.3) is 0 Å². The van der Waals surface area contributed by atoms with Gasteiger partial charge in [0.1, 0.15) is 0 Å². The van der Waals surface area contributed by atoms with E-state index < -0.39 is 18.6 Å². The maximum absolute atomic E-state index is 12.0. The molecule has 0 saturated heterocycles. The van der Waals surface area contributed by atoms with Crippen molar-refractivity contribution in [2.24, 2.45) is 5.73 Å².